The maximum absolute atomic E-state index is 11.0. The number of rotatable bonds is 1. The highest BCUT2D eigenvalue weighted by atomic mass is 16.5. The van der Waals surface area contributed by atoms with Crippen LogP contribution in [0.15, 0.2) is 0 Å². The van der Waals surface area contributed by atoms with Crippen molar-refractivity contribution < 1.29 is 19.4 Å². The number of hydrogen-bond acceptors (Lipinski definition) is 3. The van der Waals surface area contributed by atoms with Crippen molar-refractivity contribution in [2.75, 3.05) is 26.4 Å². The van der Waals surface area contributed by atoms with Crippen LogP contribution in [0.4, 0.5) is 0 Å². The van der Waals surface area contributed by atoms with Crippen molar-refractivity contribution in [2.24, 2.45) is 11.3 Å². The molecule has 0 bridgehead atoms. The summed E-state index contributed by atoms with van der Waals surface area (Å²) < 4.78 is 10.6. The lowest BCUT2D eigenvalue weighted by molar-refractivity contribution is -0.155. The van der Waals surface area contributed by atoms with Crippen LogP contribution in [-0.2, 0) is 14.3 Å². The molecule has 2 aliphatic heterocycles. The van der Waals surface area contributed by atoms with E-state index in [-0.39, 0.29) is 11.3 Å². The highest BCUT2D eigenvalue weighted by Gasteiger charge is 2.48. The number of ether oxygens (including phenoxy) is 2. The van der Waals surface area contributed by atoms with Gasteiger partial charge in [0, 0.05) is 18.6 Å². The van der Waals surface area contributed by atoms with Gasteiger partial charge in [0.05, 0.1) is 19.1 Å². The van der Waals surface area contributed by atoms with Gasteiger partial charge in [0.1, 0.15) is 0 Å². The number of hydrogen-bond donors (Lipinski definition) is 1. The minimum Gasteiger partial charge on any atom is -0.481 e. The Labute approximate surface area is 76.8 Å². The lowest BCUT2D eigenvalue weighted by Crippen LogP contribution is -2.44. The molecule has 2 aliphatic rings. The van der Waals surface area contributed by atoms with Crippen LogP contribution in [0.1, 0.15) is 12.8 Å². The highest BCUT2D eigenvalue weighted by Crippen LogP contribution is 2.41. The molecule has 74 valence electrons. The van der Waals surface area contributed by atoms with E-state index in [1.807, 2.05) is 0 Å². The second kappa shape index (κ2) is 3.27. The van der Waals surface area contributed by atoms with Gasteiger partial charge in [-0.15, -0.1) is 0 Å². The Morgan fingerprint density at radius 2 is 2.00 bits per heavy atom. The lowest BCUT2D eigenvalue weighted by Gasteiger charge is -2.37. The zero-order valence-corrected chi connectivity index (χ0v) is 7.49. The standard InChI is InChI=1S/C9H14O4/c10-8(11)7-1-3-12-5-9(7)2-4-13-6-9/h7H,1-6H2,(H,10,11). The molecular formula is C9H14O4. The Morgan fingerprint density at radius 1 is 1.31 bits per heavy atom. The molecule has 2 saturated heterocycles. The summed E-state index contributed by atoms with van der Waals surface area (Å²) in [4.78, 5) is 11.0. The molecule has 4 heteroatoms. The topological polar surface area (TPSA) is 55.8 Å². The average Bonchev–Trinajstić information content (AvgIpc) is 2.54. The molecule has 13 heavy (non-hydrogen) atoms. The largest absolute Gasteiger partial charge is 0.481 e. The Bertz CT molecular complexity index is 208. The average molecular weight is 186 g/mol. The fourth-order valence-corrected chi connectivity index (χ4v) is 2.28. The molecule has 2 atom stereocenters. The number of carboxylic acid groups (broad SMARTS) is 1. The molecule has 0 amide bonds. The molecule has 0 aliphatic carbocycles. The van der Waals surface area contributed by atoms with E-state index in [1.165, 1.54) is 0 Å². The Balaban J connectivity index is 2.16. The molecule has 1 spiro atoms. The van der Waals surface area contributed by atoms with Gasteiger partial charge in [0.2, 0.25) is 0 Å². The third-order valence-corrected chi connectivity index (χ3v) is 3.11. The maximum Gasteiger partial charge on any atom is 0.307 e. The summed E-state index contributed by atoms with van der Waals surface area (Å²) in [5.74, 6) is -0.974. The molecule has 4 nitrogen and oxygen atoms in total. The Morgan fingerprint density at radius 3 is 2.62 bits per heavy atom. The minimum absolute atomic E-state index is 0.232. The fourth-order valence-electron chi connectivity index (χ4n) is 2.28. The van der Waals surface area contributed by atoms with Crippen LogP contribution < -0.4 is 0 Å². The predicted molar refractivity (Wildman–Crippen MR) is 44.4 cm³/mol. The monoisotopic (exact) mass is 186 g/mol. The van der Waals surface area contributed by atoms with Crippen molar-refractivity contribution in [3.8, 4) is 0 Å². The summed E-state index contributed by atoms with van der Waals surface area (Å²) >= 11 is 0. The molecule has 2 unspecified atom stereocenters. The maximum atomic E-state index is 11.0. The summed E-state index contributed by atoms with van der Waals surface area (Å²) in [6.07, 6.45) is 1.45. The van der Waals surface area contributed by atoms with Crippen LogP contribution in [0.5, 0.6) is 0 Å². The van der Waals surface area contributed by atoms with E-state index >= 15 is 0 Å². The van der Waals surface area contributed by atoms with Crippen LogP contribution in [0.2, 0.25) is 0 Å². The van der Waals surface area contributed by atoms with E-state index < -0.39 is 5.97 Å². The van der Waals surface area contributed by atoms with Gasteiger partial charge in [-0.3, -0.25) is 4.79 Å². The van der Waals surface area contributed by atoms with Gasteiger partial charge in [-0.05, 0) is 12.8 Å². The van der Waals surface area contributed by atoms with E-state index in [4.69, 9.17) is 14.6 Å². The van der Waals surface area contributed by atoms with Gasteiger partial charge in [-0.1, -0.05) is 0 Å². The molecule has 0 aromatic heterocycles. The third-order valence-electron chi connectivity index (χ3n) is 3.11. The first-order valence-electron chi connectivity index (χ1n) is 4.63. The van der Waals surface area contributed by atoms with Crippen molar-refractivity contribution in [2.45, 2.75) is 12.8 Å². The molecule has 0 radical (unpaired) electrons. The summed E-state index contributed by atoms with van der Waals surface area (Å²) in [7, 11) is 0. The normalized spacial score (nSPS) is 39.5. The van der Waals surface area contributed by atoms with Crippen molar-refractivity contribution in [3.63, 3.8) is 0 Å². The Kier molecular flexibility index (Phi) is 2.26. The highest BCUT2D eigenvalue weighted by molar-refractivity contribution is 5.71. The summed E-state index contributed by atoms with van der Waals surface area (Å²) in [5, 5.41) is 9.05. The van der Waals surface area contributed by atoms with Crippen LogP contribution in [0.25, 0.3) is 0 Å². The van der Waals surface area contributed by atoms with Crippen LogP contribution in [-0.4, -0.2) is 37.5 Å². The zero-order chi connectivity index (χ0) is 9.31. The van der Waals surface area contributed by atoms with Gasteiger partial charge in [-0.25, -0.2) is 0 Å². The first kappa shape index (κ1) is 8.97. The van der Waals surface area contributed by atoms with E-state index in [2.05, 4.69) is 0 Å². The van der Waals surface area contributed by atoms with Gasteiger partial charge in [-0.2, -0.15) is 0 Å². The molecule has 0 aromatic carbocycles. The van der Waals surface area contributed by atoms with E-state index in [9.17, 15) is 4.79 Å². The van der Waals surface area contributed by atoms with Crippen LogP contribution >= 0.6 is 0 Å². The third kappa shape index (κ3) is 1.44. The molecule has 0 saturated carbocycles. The molecule has 0 aromatic rings. The molecule has 1 N–H and O–H groups in total. The Hall–Kier alpha value is -0.610. The first-order valence-corrected chi connectivity index (χ1v) is 4.63. The smallest absolute Gasteiger partial charge is 0.307 e. The number of carboxylic acids is 1. The van der Waals surface area contributed by atoms with Crippen LogP contribution in [0, 0.1) is 11.3 Å². The van der Waals surface area contributed by atoms with E-state index in [0.717, 1.165) is 6.42 Å². The van der Waals surface area contributed by atoms with Crippen molar-refractivity contribution in [3.05, 3.63) is 0 Å². The molecule has 2 heterocycles. The van der Waals surface area contributed by atoms with Gasteiger partial charge < -0.3 is 14.6 Å². The van der Waals surface area contributed by atoms with Crippen molar-refractivity contribution in [1.82, 2.24) is 0 Å². The van der Waals surface area contributed by atoms with Gasteiger partial charge >= 0.3 is 5.97 Å². The number of aliphatic carboxylic acids is 1. The molecule has 2 rings (SSSR count). The van der Waals surface area contributed by atoms with Gasteiger partial charge in [0.15, 0.2) is 0 Å². The lowest BCUT2D eigenvalue weighted by atomic mass is 9.72. The molecule has 2 fully saturated rings. The fraction of sp³-hybridized carbons (Fsp3) is 0.889. The second-order valence-corrected chi connectivity index (χ2v) is 3.90. The quantitative estimate of drug-likeness (QED) is 0.648. The minimum atomic E-state index is -0.700. The number of carbonyl (C=O) groups is 1. The summed E-state index contributed by atoms with van der Waals surface area (Å²) in [6, 6.07) is 0. The van der Waals surface area contributed by atoms with Crippen molar-refractivity contribution >= 4 is 5.97 Å². The predicted octanol–water partition coefficient (Wildman–Crippen LogP) is 0.514. The van der Waals surface area contributed by atoms with Crippen LogP contribution in [0.3, 0.4) is 0 Å². The van der Waals surface area contributed by atoms with Gasteiger partial charge in [0.25, 0.3) is 0 Å². The zero-order valence-electron chi connectivity index (χ0n) is 7.49. The summed E-state index contributed by atoms with van der Waals surface area (Å²) in [6.45, 7) is 2.33. The van der Waals surface area contributed by atoms with Crippen molar-refractivity contribution in [1.29, 1.82) is 0 Å². The summed E-state index contributed by atoms with van der Waals surface area (Å²) in [5.41, 5.74) is -0.232. The van der Waals surface area contributed by atoms with E-state index in [1.54, 1.807) is 0 Å². The SMILES string of the molecule is O=C(O)C1CCOCC12CCOC2. The molecular weight excluding hydrogens is 172 g/mol. The van der Waals surface area contributed by atoms with E-state index in [0.29, 0.717) is 32.8 Å². The second-order valence-electron chi connectivity index (χ2n) is 3.90. The first-order chi connectivity index (χ1) is 6.25.